The van der Waals surface area contributed by atoms with Crippen molar-refractivity contribution < 1.29 is 22.9 Å². The average Bonchev–Trinajstić information content (AvgIpc) is 3.06. The molecule has 2 unspecified atom stereocenters. The van der Waals surface area contributed by atoms with Gasteiger partial charge in [0.1, 0.15) is 0 Å². The van der Waals surface area contributed by atoms with Gasteiger partial charge < -0.3 is 10.4 Å². The molecule has 7 heteroatoms. The topological polar surface area (TPSA) is 104 Å². The number of aliphatic hydroxyl groups excluding tert-OH is 1. The Kier molecular flexibility index (Phi) is 36.2. The van der Waals surface area contributed by atoms with Crippen LogP contribution in [0.1, 0.15) is 232 Å². The van der Waals surface area contributed by atoms with Gasteiger partial charge in [0, 0.05) is 6.42 Å². The van der Waals surface area contributed by atoms with Crippen LogP contribution < -0.4 is 5.32 Å². The Bertz CT molecular complexity index is 831. The lowest BCUT2D eigenvalue weighted by Crippen LogP contribution is -2.46. The highest BCUT2D eigenvalue weighted by Crippen LogP contribution is 2.16. The van der Waals surface area contributed by atoms with Gasteiger partial charge in [-0.2, -0.15) is 8.42 Å². The number of aliphatic hydroxyl groups is 1. The number of carbonyl (C=O) groups excluding carboxylic acids is 1. The van der Waals surface area contributed by atoms with E-state index in [1.165, 1.54) is 173 Å². The summed E-state index contributed by atoms with van der Waals surface area (Å²) >= 11 is 0. The molecule has 3 N–H and O–H groups in total. The van der Waals surface area contributed by atoms with Crippen molar-refractivity contribution in [2.24, 2.45) is 0 Å². The van der Waals surface area contributed by atoms with E-state index in [-0.39, 0.29) is 5.91 Å². The zero-order valence-electron chi connectivity index (χ0n) is 32.6. The Labute approximate surface area is 305 Å². The minimum absolute atomic E-state index is 0.274. The van der Waals surface area contributed by atoms with Gasteiger partial charge >= 0.3 is 0 Å². The molecule has 0 radical (unpaired) electrons. The first kappa shape index (κ1) is 48.1. The van der Waals surface area contributed by atoms with Crippen LogP contribution in [0.25, 0.3) is 0 Å². The molecule has 0 fully saturated rings. The summed E-state index contributed by atoms with van der Waals surface area (Å²) in [4.78, 5) is 12.5. The van der Waals surface area contributed by atoms with Crippen molar-refractivity contribution in [3.8, 4) is 0 Å². The zero-order valence-corrected chi connectivity index (χ0v) is 33.4. The van der Waals surface area contributed by atoms with E-state index in [1.807, 2.05) is 6.08 Å². The lowest BCUT2D eigenvalue weighted by Gasteiger charge is -2.21. The molecule has 0 aliphatic carbocycles. The second-order valence-corrected chi connectivity index (χ2v) is 16.5. The summed E-state index contributed by atoms with van der Waals surface area (Å²) in [7, 11) is -4.34. The van der Waals surface area contributed by atoms with E-state index >= 15 is 0 Å². The maximum absolute atomic E-state index is 12.5. The summed E-state index contributed by atoms with van der Waals surface area (Å²) in [6.07, 6.45) is 44.9. The molecule has 0 rings (SSSR count). The van der Waals surface area contributed by atoms with Gasteiger partial charge in [0.25, 0.3) is 10.1 Å². The van der Waals surface area contributed by atoms with Gasteiger partial charge in [0.15, 0.2) is 0 Å². The first-order valence-electron chi connectivity index (χ1n) is 21.4. The van der Waals surface area contributed by atoms with Crippen LogP contribution in [-0.2, 0) is 14.9 Å². The summed E-state index contributed by atoms with van der Waals surface area (Å²) in [6.45, 7) is 4.53. The van der Waals surface area contributed by atoms with Crippen molar-refractivity contribution in [3.63, 3.8) is 0 Å². The van der Waals surface area contributed by atoms with Crippen LogP contribution in [0.4, 0.5) is 0 Å². The van der Waals surface area contributed by atoms with Gasteiger partial charge in [-0.3, -0.25) is 9.35 Å². The SMILES string of the molecule is CCCCCCCCCCCCC/C=C/C(O)C(CS(=O)(=O)O)NC(=O)CCCCCCCCCCCCCCCCCCCCCCC. The van der Waals surface area contributed by atoms with Crippen molar-refractivity contribution in [2.75, 3.05) is 5.75 Å². The summed E-state index contributed by atoms with van der Waals surface area (Å²) in [5.74, 6) is -0.966. The van der Waals surface area contributed by atoms with Gasteiger partial charge in [0.2, 0.25) is 5.91 Å². The number of nitrogens with one attached hydrogen (secondary N) is 1. The number of hydrogen-bond acceptors (Lipinski definition) is 4. The molecule has 49 heavy (non-hydrogen) atoms. The van der Waals surface area contributed by atoms with Crippen molar-refractivity contribution in [3.05, 3.63) is 12.2 Å². The first-order chi connectivity index (χ1) is 23.8. The predicted molar refractivity (Wildman–Crippen MR) is 212 cm³/mol. The molecule has 0 aromatic heterocycles. The molecule has 0 aliphatic heterocycles. The molecule has 0 aromatic carbocycles. The predicted octanol–water partition coefficient (Wildman–Crippen LogP) is 12.6. The van der Waals surface area contributed by atoms with E-state index in [2.05, 4.69) is 19.2 Å². The molecule has 6 nitrogen and oxygen atoms in total. The Morgan fingerprint density at radius 1 is 0.531 bits per heavy atom. The van der Waals surface area contributed by atoms with Crippen molar-refractivity contribution in [1.29, 1.82) is 0 Å². The summed E-state index contributed by atoms with van der Waals surface area (Å²) in [5, 5.41) is 13.2. The lowest BCUT2D eigenvalue weighted by molar-refractivity contribution is -0.122. The number of allylic oxidation sites excluding steroid dienone is 1. The monoisotopic (exact) mass is 714 g/mol. The second kappa shape index (κ2) is 36.9. The lowest BCUT2D eigenvalue weighted by atomic mass is 10.0. The van der Waals surface area contributed by atoms with Gasteiger partial charge in [-0.05, 0) is 19.3 Å². The fourth-order valence-electron chi connectivity index (χ4n) is 6.75. The molecule has 0 saturated heterocycles. The minimum atomic E-state index is -4.34. The summed E-state index contributed by atoms with van der Waals surface area (Å²) < 4.78 is 32.5. The molecular weight excluding hydrogens is 631 g/mol. The molecule has 2 atom stereocenters. The van der Waals surface area contributed by atoms with E-state index in [0.29, 0.717) is 6.42 Å². The molecule has 0 saturated carbocycles. The van der Waals surface area contributed by atoms with Gasteiger partial charge in [0.05, 0.1) is 17.9 Å². The molecule has 1 amide bonds. The highest BCUT2D eigenvalue weighted by atomic mass is 32.2. The quantitative estimate of drug-likeness (QED) is 0.0334. The van der Waals surface area contributed by atoms with Gasteiger partial charge in [-0.25, -0.2) is 0 Å². The number of amides is 1. The molecule has 292 valence electrons. The van der Waals surface area contributed by atoms with Gasteiger partial charge in [-0.1, -0.05) is 219 Å². The average molecular weight is 714 g/mol. The first-order valence-corrected chi connectivity index (χ1v) is 23.0. The Hall–Kier alpha value is -0.920. The Morgan fingerprint density at radius 3 is 1.16 bits per heavy atom. The van der Waals surface area contributed by atoms with Gasteiger partial charge in [-0.15, -0.1) is 0 Å². The van der Waals surface area contributed by atoms with Crippen molar-refractivity contribution in [2.45, 2.75) is 244 Å². The smallest absolute Gasteiger partial charge is 0.267 e. The third-order valence-corrected chi connectivity index (χ3v) is 10.7. The third-order valence-electron chi connectivity index (χ3n) is 9.96. The Morgan fingerprint density at radius 2 is 0.837 bits per heavy atom. The molecule has 0 bridgehead atoms. The van der Waals surface area contributed by atoms with E-state index in [9.17, 15) is 22.9 Å². The van der Waals surface area contributed by atoms with Crippen LogP contribution in [0, 0.1) is 0 Å². The van der Waals surface area contributed by atoms with E-state index in [1.54, 1.807) is 6.08 Å². The molecule has 0 aromatic rings. The maximum Gasteiger partial charge on any atom is 0.267 e. The molecule has 0 heterocycles. The van der Waals surface area contributed by atoms with Crippen LogP contribution in [0.15, 0.2) is 12.2 Å². The number of rotatable bonds is 39. The van der Waals surface area contributed by atoms with E-state index < -0.39 is 28.0 Å². The highest BCUT2D eigenvalue weighted by Gasteiger charge is 2.24. The van der Waals surface area contributed by atoms with Crippen LogP contribution in [0.3, 0.4) is 0 Å². The van der Waals surface area contributed by atoms with E-state index in [0.717, 1.165) is 38.5 Å². The number of hydrogen-bond donors (Lipinski definition) is 3. The second-order valence-electron chi connectivity index (χ2n) is 15.0. The fraction of sp³-hybridized carbons (Fsp3) is 0.929. The molecule has 0 spiro atoms. The minimum Gasteiger partial charge on any atom is -0.387 e. The Balaban J connectivity index is 3.81. The van der Waals surface area contributed by atoms with Crippen LogP contribution in [0.2, 0.25) is 0 Å². The maximum atomic E-state index is 12.5. The van der Waals surface area contributed by atoms with Crippen LogP contribution in [0.5, 0.6) is 0 Å². The normalized spacial score (nSPS) is 13.3. The summed E-state index contributed by atoms with van der Waals surface area (Å²) in [6, 6.07) is -1.05. The van der Waals surface area contributed by atoms with Crippen LogP contribution in [-0.4, -0.2) is 41.9 Å². The van der Waals surface area contributed by atoms with E-state index in [4.69, 9.17) is 0 Å². The van der Waals surface area contributed by atoms with Crippen LogP contribution >= 0.6 is 0 Å². The zero-order chi connectivity index (χ0) is 36.1. The summed E-state index contributed by atoms with van der Waals surface area (Å²) in [5.41, 5.74) is 0. The third kappa shape index (κ3) is 38.1. The fourth-order valence-corrected chi connectivity index (χ4v) is 7.48. The number of carbonyl (C=O) groups is 1. The number of unbranched alkanes of at least 4 members (excludes halogenated alkanes) is 31. The standard InChI is InChI=1S/C42H83NO5S/c1-3-5-7-9-11-13-15-17-18-19-20-21-22-23-24-26-28-30-32-34-36-38-42(45)43-40(39-49(46,47)48)41(44)37-35-33-31-29-27-25-16-14-12-10-8-6-4-2/h35,37,40-41,44H,3-34,36,38-39H2,1-2H3,(H,43,45)(H,46,47,48)/b37-35+. The molecular formula is C42H83NO5S. The largest absolute Gasteiger partial charge is 0.387 e. The van der Waals surface area contributed by atoms with Crippen molar-refractivity contribution >= 4 is 16.0 Å². The molecule has 0 aliphatic rings. The van der Waals surface area contributed by atoms with Crippen molar-refractivity contribution in [1.82, 2.24) is 5.32 Å². The highest BCUT2D eigenvalue weighted by molar-refractivity contribution is 7.85.